The minimum Gasteiger partial charge on any atom is -0.481 e. The highest BCUT2D eigenvalue weighted by Crippen LogP contribution is 1.98. The van der Waals surface area contributed by atoms with Crippen molar-refractivity contribution in [1.82, 2.24) is 0 Å². The first-order chi connectivity index (χ1) is 7.45. The van der Waals surface area contributed by atoms with Crippen LogP contribution in [0.4, 0.5) is 0 Å². The molecule has 0 bridgehead atoms. The van der Waals surface area contributed by atoms with Crippen LogP contribution in [0.5, 0.6) is 0 Å². The molecule has 0 rings (SSSR count). The van der Waals surface area contributed by atoms with Gasteiger partial charge in [0, 0.05) is 0 Å². The van der Waals surface area contributed by atoms with Crippen LogP contribution in [0.3, 0.4) is 0 Å². The van der Waals surface area contributed by atoms with Gasteiger partial charge in [0.25, 0.3) is 0 Å². The van der Waals surface area contributed by atoms with Crippen molar-refractivity contribution in [3.8, 4) is 0 Å². The summed E-state index contributed by atoms with van der Waals surface area (Å²) in [6, 6.07) is 0. The molecular formula is C8H11NO7. The summed E-state index contributed by atoms with van der Waals surface area (Å²) in [4.78, 5) is 46.1. The molecule has 0 aromatic carbocycles. The normalized spacial score (nSPS) is 9.31. The Morgan fingerprint density at radius 3 is 1.75 bits per heavy atom. The minimum absolute atomic E-state index is 0.304. The Bertz CT molecular complexity index is 299. The fourth-order valence-corrected chi connectivity index (χ4v) is 0.701. The third-order valence-electron chi connectivity index (χ3n) is 1.44. The Labute approximate surface area is 90.3 Å². The molecule has 0 fully saturated rings. The number of nitrogens with two attached hydrogens (primary N) is 1. The van der Waals surface area contributed by atoms with Crippen molar-refractivity contribution >= 4 is 23.9 Å². The first-order valence-corrected chi connectivity index (χ1v) is 4.30. The zero-order valence-electron chi connectivity index (χ0n) is 8.30. The van der Waals surface area contributed by atoms with Crippen LogP contribution in [-0.2, 0) is 28.8 Å². The zero-order chi connectivity index (χ0) is 12.6. The van der Waals surface area contributed by atoms with Gasteiger partial charge in [-0.2, -0.15) is 5.90 Å². The van der Waals surface area contributed by atoms with Gasteiger partial charge in [-0.1, -0.05) is 0 Å². The van der Waals surface area contributed by atoms with Gasteiger partial charge in [-0.05, 0) is 0 Å². The van der Waals surface area contributed by atoms with E-state index in [9.17, 15) is 19.2 Å². The molecule has 0 unspecified atom stereocenters. The van der Waals surface area contributed by atoms with E-state index >= 15 is 0 Å². The molecule has 0 amide bonds. The van der Waals surface area contributed by atoms with Crippen LogP contribution in [0.15, 0.2) is 0 Å². The Hall–Kier alpha value is -1.96. The van der Waals surface area contributed by atoms with E-state index in [0.29, 0.717) is 0 Å². The maximum absolute atomic E-state index is 10.9. The van der Waals surface area contributed by atoms with Crippen LogP contribution < -0.4 is 5.90 Å². The summed E-state index contributed by atoms with van der Waals surface area (Å²) in [7, 11) is 0. The maximum Gasteiger partial charge on any atom is 0.325 e. The summed E-state index contributed by atoms with van der Waals surface area (Å²) < 4.78 is 4.21. The third kappa shape index (κ3) is 7.44. The summed E-state index contributed by atoms with van der Waals surface area (Å²) in [5.74, 6) is 0.646. The standard InChI is InChI=1S/C8H11NO7/c9-16-8(14)4-3-7(13)15-6(12)2-1-5(10)11/h1-4,9H2,(H,10,11). The van der Waals surface area contributed by atoms with Crippen molar-refractivity contribution in [2.75, 3.05) is 0 Å². The van der Waals surface area contributed by atoms with Gasteiger partial charge in [0.1, 0.15) is 0 Å². The number of carbonyl (C=O) groups excluding carboxylic acids is 3. The molecule has 0 heterocycles. The summed E-state index contributed by atoms with van der Waals surface area (Å²) in [6.45, 7) is 0. The summed E-state index contributed by atoms with van der Waals surface area (Å²) in [6.07, 6.45) is -1.48. The second-order valence-corrected chi connectivity index (χ2v) is 2.73. The van der Waals surface area contributed by atoms with Gasteiger partial charge in [-0.15, -0.1) is 0 Å². The molecule has 90 valence electrons. The molecule has 0 atom stereocenters. The number of hydrogen-bond acceptors (Lipinski definition) is 7. The van der Waals surface area contributed by atoms with Crippen LogP contribution in [-0.4, -0.2) is 29.0 Å². The number of ether oxygens (including phenoxy) is 1. The number of hydrogen-bond donors (Lipinski definition) is 2. The molecule has 0 aromatic rings. The Kier molecular flexibility index (Phi) is 6.45. The van der Waals surface area contributed by atoms with E-state index in [1.165, 1.54) is 0 Å². The molecule has 0 spiro atoms. The van der Waals surface area contributed by atoms with Gasteiger partial charge in [-0.3, -0.25) is 19.2 Å². The van der Waals surface area contributed by atoms with Crippen LogP contribution in [0.1, 0.15) is 25.7 Å². The third-order valence-corrected chi connectivity index (χ3v) is 1.44. The maximum atomic E-state index is 10.9. The van der Waals surface area contributed by atoms with Crippen molar-refractivity contribution in [3.63, 3.8) is 0 Å². The van der Waals surface area contributed by atoms with E-state index in [0.717, 1.165) is 0 Å². The number of carboxylic acids is 1. The number of rotatable bonds is 6. The van der Waals surface area contributed by atoms with Gasteiger partial charge in [0.05, 0.1) is 25.7 Å². The van der Waals surface area contributed by atoms with Crippen molar-refractivity contribution in [1.29, 1.82) is 0 Å². The second kappa shape index (κ2) is 7.35. The van der Waals surface area contributed by atoms with Crippen LogP contribution >= 0.6 is 0 Å². The summed E-state index contributed by atoms with van der Waals surface area (Å²) in [5.41, 5.74) is 0. The number of aliphatic carboxylic acids is 1. The molecule has 0 saturated carbocycles. The largest absolute Gasteiger partial charge is 0.481 e. The van der Waals surface area contributed by atoms with E-state index in [1.807, 2.05) is 0 Å². The lowest BCUT2D eigenvalue weighted by Gasteiger charge is -2.00. The molecule has 3 N–H and O–H groups in total. The molecule has 0 saturated heterocycles. The van der Waals surface area contributed by atoms with Crippen molar-refractivity contribution in [3.05, 3.63) is 0 Å². The molecule has 0 radical (unpaired) electrons. The number of carbonyl (C=O) groups is 4. The van der Waals surface area contributed by atoms with E-state index < -0.39 is 36.7 Å². The van der Waals surface area contributed by atoms with Crippen LogP contribution in [0, 0.1) is 0 Å². The molecule has 8 nitrogen and oxygen atoms in total. The summed E-state index contributed by atoms with van der Waals surface area (Å²) >= 11 is 0. The Morgan fingerprint density at radius 2 is 1.31 bits per heavy atom. The van der Waals surface area contributed by atoms with Crippen molar-refractivity contribution in [2.24, 2.45) is 5.90 Å². The quantitative estimate of drug-likeness (QED) is 0.343. The molecular weight excluding hydrogens is 222 g/mol. The lowest BCUT2D eigenvalue weighted by atomic mass is 10.3. The SMILES string of the molecule is NOC(=O)CCC(=O)OC(=O)CCC(=O)O. The van der Waals surface area contributed by atoms with Crippen LogP contribution in [0.25, 0.3) is 0 Å². The van der Waals surface area contributed by atoms with Crippen molar-refractivity contribution < 1.29 is 33.9 Å². The molecule has 0 aromatic heterocycles. The van der Waals surface area contributed by atoms with Gasteiger partial charge >= 0.3 is 23.9 Å². The molecule has 0 aliphatic rings. The monoisotopic (exact) mass is 233 g/mol. The summed E-state index contributed by atoms with van der Waals surface area (Å²) in [5, 5.41) is 8.24. The first kappa shape index (κ1) is 14.0. The van der Waals surface area contributed by atoms with E-state index in [4.69, 9.17) is 5.11 Å². The highest BCUT2D eigenvalue weighted by atomic mass is 16.7. The smallest absolute Gasteiger partial charge is 0.325 e. The lowest BCUT2D eigenvalue weighted by molar-refractivity contribution is -0.162. The number of carboxylic acid groups (broad SMARTS) is 1. The average molecular weight is 233 g/mol. The Morgan fingerprint density at radius 1 is 0.875 bits per heavy atom. The zero-order valence-corrected chi connectivity index (χ0v) is 8.30. The minimum atomic E-state index is -1.17. The van der Waals surface area contributed by atoms with Gasteiger partial charge < -0.3 is 14.7 Å². The fourth-order valence-electron chi connectivity index (χ4n) is 0.701. The van der Waals surface area contributed by atoms with Gasteiger partial charge in [0.15, 0.2) is 0 Å². The average Bonchev–Trinajstić information content (AvgIpc) is 2.23. The van der Waals surface area contributed by atoms with E-state index in [-0.39, 0.29) is 12.8 Å². The highest BCUT2D eigenvalue weighted by Gasteiger charge is 2.13. The Balaban J connectivity index is 3.74. The topological polar surface area (TPSA) is 133 Å². The van der Waals surface area contributed by atoms with E-state index in [2.05, 4.69) is 15.5 Å². The highest BCUT2D eigenvalue weighted by molar-refractivity contribution is 5.88. The lowest BCUT2D eigenvalue weighted by Crippen LogP contribution is -2.16. The second-order valence-electron chi connectivity index (χ2n) is 2.73. The first-order valence-electron chi connectivity index (χ1n) is 4.30. The van der Waals surface area contributed by atoms with Crippen LogP contribution in [0.2, 0.25) is 0 Å². The van der Waals surface area contributed by atoms with Gasteiger partial charge in [-0.25, -0.2) is 0 Å². The number of esters is 2. The predicted octanol–water partition coefficient (Wildman–Crippen LogP) is -0.882. The molecule has 8 heteroatoms. The van der Waals surface area contributed by atoms with E-state index in [1.54, 1.807) is 0 Å². The fraction of sp³-hybridized carbons (Fsp3) is 0.500. The molecule has 0 aliphatic heterocycles. The predicted molar refractivity (Wildman–Crippen MR) is 47.5 cm³/mol. The molecule has 0 aliphatic carbocycles. The van der Waals surface area contributed by atoms with Crippen molar-refractivity contribution in [2.45, 2.75) is 25.7 Å². The van der Waals surface area contributed by atoms with Gasteiger partial charge in [0.2, 0.25) is 0 Å². The molecule has 16 heavy (non-hydrogen) atoms.